The Labute approximate surface area is 108 Å². The monoisotopic (exact) mass is 254 g/mol. The van der Waals surface area contributed by atoms with E-state index in [9.17, 15) is 9.59 Å². The summed E-state index contributed by atoms with van der Waals surface area (Å²) < 4.78 is 0. The first-order chi connectivity index (χ1) is 8.34. The van der Waals surface area contributed by atoms with Crippen LogP contribution in [0.15, 0.2) is 12.7 Å². The van der Waals surface area contributed by atoms with Gasteiger partial charge in [0.05, 0.1) is 0 Å². The maximum absolute atomic E-state index is 11.7. The van der Waals surface area contributed by atoms with Crippen LogP contribution >= 0.6 is 0 Å². The highest BCUT2D eigenvalue weighted by molar-refractivity contribution is 5.82. The zero-order valence-electron chi connectivity index (χ0n) is 11.0. The summed E-state index contributed by atoms with van der Waals surface area (Å²) in [7, 11) is 0. The van der Waals surface area contributed by atoms with Crippen molar-refractivity contribution in [3.8, 4) is 0 Å². The van der Waals surface area contributed by atoms with Crippen LogP contribution in [-0.2, 0) is 4.79 Å². The number of urea groups is 1. The molecule has 0 aromatic rings. The third-order valence-electron chi connectivity index (χ3n) is 3.31. The standard InChI is InChI=1S/C13H22N2O3/c1-4-5-10(11(16)17)15-12(18)14-9-6-7-13(2,3)8-9/h4,9-10H,1,5-8H2,2-3H3,(H,16,17)(H2,14,15,18). The third-order valence-corrected chi connectivity index (χ3v) is 3.31. The molecule has 0 aliphatic heterocycles. The van der Waals surface area contributed by atoms with E-state index in [-0.39, 0.29) is 17.9 Å². The lowest BCUT2D eigenvalue weighted by atomic mass is 9.92. The molecule has 0 radical (unpaired) electrons. The minimum Gasteiger partial charge on any atom is -0.480 e. The van der Waals surface area contributed by atoms with Crippen LogP contribution < -0.4 is 10.6 Å². The van der Waals surface area contributed by atoms with Gasteiger partial charge in [-0.15, -0.1) is 6.58 Å². The second-order valence-corrected chi connectivity index (χ2v) is 5.64. The molecule has 0 heterocycles. The van der Waals surface area contributed by atoms with Crippen molar-refractivity contribution < 1.29 is 14.7 Å². The summed E-state index contributed by atoms with van der Waals surface area (Å²) >= 11 is 0. The Morgan fingerprint density at radius 2 is 2.22 bits per heavy atom. The van der Waals surface area contributed by atoms with Gasteiger partial charge in [0.25, 0.3) is 0 Å². The summed E-state index contributed by atoms with van der Waals surface area (Å²) in [6.45, 7) is 7.82. The summed E-state index contributed by atoms with van der Waals surface area (Å²) in [5.41, 5.74) is 0.255. The molecule has 1 saturated carbocycles. The van der Waals surface area contributed by atoms with E-state index in [2.05, 4.69) is 31.1 Å². The molecule has 1 aliphatic carbocycles. The number of hydrogen-bond donors (Lipinski definition) is 3. The third kappa shape index (κ3) is 4.39. The van der Waals surface area contributed by atoms with E-state index in [1.165, 1.54) is 6.08 Å². The van der Waals surface area contributed by atoms with Crippen molar-refractivity contribution >= 4 is 12.0 Å². The molecule has 18 heavy (non-hydrogen) atoms. The molecule has 3 N–H and O–H groups in total. The zero-order valence-corrected chi connectivity index (χ0v) is 11.0. The number of carboxylic acid groups (broad SMARTS) is 1. The van der Waals surface area contributed by atoms with Crippen LogP contribution in [0, 0.1) is 5.41 Å². The molecule has 5 nitrogen and oxygen atoms in total. The van der Waals surface area contributed by atoms with Gasteiger partial charge in [0.15, 0.2) is 0 Å². The Hall–Kier alpha value is -1.52. The molecule has 2 atom stereocenters. The van der Waals surface area contributed by atoms with Crippen molar-refractivity contribution in [1.82, 2.24) is 10.6 Å². The number of carbonyl (C=O) groups is 2. The molecule has 0 aromatic carbocycles. The SMILES string of the molecule is C=CCC(NC(=O)NC1CCC(C)(C)C1)C(=O)O. The summed E-state index contributed by atoms with van der Waals surface area (Å²) in [5, 5.41) is 14.2. The smallest absolute Gasteiger partial charge is 0.326 e. The van der Waals surface area contributed by atoms with E-state index >= 15 is 0 Å². The van der Waals surface area contributed by atoms with Crippen LogP contribution in [0.25, 0.3) is 0 Å². The summed E-state index contributed by atoms with van der Waals surface area (Å²) in [5.74, 6) is -1.04. The molecule has 102 valence electrons. The van der Waals surface area contributed by atoms with Gasteiger partial charge >= 0.3 is 12.0 Å². The first-order valence-electron chi connectivity index (χ1n) is 6.25. The van der Waals surface area contributed by atoms with Crippen LogP contribution in [-0.4, -0.2) is 29.2 Å². The highest BCUT2D eigenvalue weighted by Gasteiger charge is 2.32. The van der Waals surface area contributed by atoms with Crippen LogP contribution in [0.4, 0.5) is 4.79 Å². The van der Waals surface area contributed by atoms with Gasteiger partial charge in [-0.25, -0.2) is 9.59 Å². The number of carboxylic acids is 1. The van der Waals surface area contributed by atoms with E-state index in [1.807, 2.05) is 0 Å². The molecule has 0 bridgehead atoms. The Kier molecular flexibility index (Phi) is 4.76. The molecular weight excluding hydrogens is 232 g/mol. The minimum atomic E-state index is -1.04. The van der Waals surface area contributed by atoms with Gasteiger partial charge in [0.2, 0.25) is 0 Å². The average Bonchev–Trinajstić information content (AvgIpc) is 2.57. The maximum atomic E-state index is 11.7. The van der Waals surface area contributed by atoms with Crippen molar-refractivity contribution in [2.24, 2.45) is 5.41 Å². The number of carbonyl (C=O) groups excluding carboxylic acids is 1. The van der Waals surface area contributed by atoms with Gasteiger partial charge in [-0.1, -0.05) is 19.9 Å². The predicted octanol–water partition coefficient (Wildman–Crippen LogP) is 1.89. The number of amides is 2. The number of nitrogens with one attached hydrogen (secondary N) is 2. The van der Waals surface area contributed by atoms with Crippen LogP contribution in [0.5, 0.6) is 0 Å². The van der Waals surface area contributed by atoms with E-state index < -0.39 is 18.0 Å². The van der Waals surface area contributed by atoms with E-state index in [1.54, 1.807) is 0 Å². The Bertz CT molecular complexity index is 339. The van der Waals surface area contributed by atoms with Crippen molar-refractivity contribution in [3.63, 3.8) is 0 Å². The van der Waals surface area contributed by atoms with E-state index in [0.29, 0.717) is 0 Å². The number of hydrogen-bond acceptors (Lipinski definition) is 2. The largest absolute Gasteiger partial charge is 0.480 e. The fourth-order valence-electron chi connectivity index (χ4n) is 2.33. The maximum Gasteiger partial charge on any atom is 0.326 e. The predicted molar refractivity (Wildman–Crippen MR) is 69.3 cm³/mol. The fourth-order valence-corrected chi connectivity index (χ4v) is 2.33. The topological polar surface area (TPSA) is 78.4 Å². The molecule has 1 rings (SSSR count). The van der Waals surface area contributed by atoms with Crippen molar-refractivity contribution in [2.75, 3.05) is 0 Å². The zero-order chi connectivity index (χ0) is 13.8. The lowest BCUT2D eigenvalue weighted by Crippen LogP contribution is -2.48. The van der Waals surface area contributed by atoms with Gasteiger partial charge in [0, 0.05) is 6.04 Å². The van der Waals surface area contributed by atoms with Gasteiger partial charge in [0.1, 0.15) is 6.04 Å². The number of aliphatic carboxylic acids is 1. The summed E-state index contributed by atoms with van der Waals surface area (Å²) in [6.07, 6.45) is 4.66. The summed E-state index contributed by atoms with van der Waals surface area (Å²) in [6, 6.07) is -1.18. The molecule has 2 amide bonds. The highest BCUT2D eigenvalue weighted by atomic mass is 16.4. The molecule has 1 fully saturated rings. The second kappa shape index (κ2) is 5.89. The van der Waals surface area contributed by atoms with Gasteiger partial charge in [-0.3, -0.25) is 0 Å². The van der Waals surface area contributed by atoms with Gasteiger partial charge in [-0.05, 0) is 31.1 Å². The van der Waals surface area contributed by atoms with Gasteiger partial charge < -0.3 is 15.7 Å². The highest BCUT2D eigenvalue weighted by Crippen LogP contribution is 2.36. The minimum absolute atomic E-state index is 0.137. The summed E-state index contributed by atoms with van der Waals surface area (Å²) in [4.78, 5) is 22.6. The lowest BCUT2D eigenvalue weighted by Gasteiger charge is -2.19. The van der Waals surface area contributed by atoms with Crippen LogP contribution in [0.3, 0.4) is 0 Å². The number of rotatable bonds is 5. The molecule has 0 spiro atoms. The van der Waals surface area contributed by atoms with E-state index in [0.717, 1.165) is 19.3 Å². The fraction of sp³-hybridized carbons (Fsp3) is 0.692. The average molecular weight is 254 g/mol. The van der Waals surface area contributed by atoms with Gasteiger partial charge in [-0.2, -0.15) is 0 Å². The second-order valence-electron chi connectivity index (χ2n) is 5.64. The Morgan fingerprint density at radius 1 is 1.56 bits per heavy atom. The van der Waals surface area contributed by atoms with Crippen LogP contribution in [0.1, 0.15) is 39.5 Å². The Morgan fingerprint density at radius 3 is 2.67 bits per heavy atom. The molecule has 0 aromatic heterocycles. The normalized spacial score (nSPS) is 23.1. The van der Waals surface area contributed by atoms with E-state index in [4.69, 9.17) is 5.11 Å². The van der Waals surface area contributed by atoms with Crippen molar-refractivity contribution in [3.05, 3.63) is 12.7 Å². The molecular formula is C13H22N2O3. The Balaban J connectivity index is 2.41. The van der Waals surface area contributed by atoms with Crippen molar-refractivity contribution in [2.45, 2.75) is 51.6 Å². The first kappa shape index (κ1) is 14.5. The molecule has 5 heteroatoms. The molecule has 2 unspecified atom stereocenters. The quantitative estimate of drug-likeness (QED) is 0.656. The van der Waals surface area contributed by atoms with Crippen molar-refractivity contribution in [1.29, 1.82) is 0 Å². The molecule has 1 aliphatic rings. The van der Waals surface area contributed by atoms with Crippen LogP contribution in [0.2, 0.25) is 0 Å². The lowest BCUT2D eigenvalue weighted by molar-refractivity contribution is -0.139. The first-order valence-corrected chi connectivity index (χ1v) is 6.25. The molecule has 0 saturated heterocycles.